The van der Waals surface area contributed by atoms with Gasteiger partial charge in [-0.15, -0.1) is 0 Å². The first-order chi connectivity index (χ1) is 17.5. The summed E-state index contributed by atoms with van der Waals surface area (Å²) in [7, 11) is 0. The van der Waals surface area contributed by atoms with Gasteiger partial charge in [0.05, 0.1) is 17.0 Å². The Morgan fingerprint density at radius 1 is 0.972 bits per heavy atom. The molecule has 0 aliphatic heterocycles. The van der Waals surface area contributed by atoms with Crippen LogP contribution >= 0.6 is 0 Å². The average Bonchev–Trinajstić information content (AvgIpc) is 3.07. The molecule has 0 saturated heterocycles. The summed E-state index contributed by atoms with van der Waals surface area (Å²) in [5.74, 6) is 0.497. The molecule has 0 fully saturated rings. The molecule has 0 saturated carbocycles. The highest BCUT2D eigenvalue weighted by molar-refractivity contribution is 6.02. The summed E-state index contributed by atoms with van der Waals surface area (Å²) in [6.45, 7) is 4.14. The zero-order chi connectivity index (χ0) is 24.9. The number of allylic oxidation sites excluding steroid dienone is 2. The third-order valence-electron chi connectivity index (χ3n) is 8.15. The van der Waals surface area contributed by atoms with Crippen LogP contribution in [0.3, 0.4) is 0 Å². The van der Waals surface area contributed by atoms with E-state index < -0.39 is 5.41 Å². The van der Waals surface area contributed by atoms with Gasteiger partial charge in [0.1, 0.15) is 6.07 Å². The van der Waals surface area contributed by atoms with Crippen LogP contribution in [0.25, 0.3) is 33.4 Å². The van der Waals surface area contributed by atoms with E-state index in [9.17, 15) is 10.1 Å². The first-order valence-corrected chi connectivity index (χ1v) is 12.6. The van der Waals surface area contributed by atoms with Crippen molar-refractivity contribution in [2.24, 2.45) is 11.8 Å². The number of nitriles is 1. The third kappa shape index (κ3) is 3.38. The Balaban J connectivity index is 1.70. The molecule has 0 bridgehead atoms. The lowest BCUT2D eigenvalue weighted by Crippen LogP contribution is -2.42. The van der Waals surface area contributed by atoms with Crippen LogP contribution in [0.4, 0.5) is 0 Å². The Labute approximate surface area is 211 Å². The van der Waals surface area contributed by atoms with Crippen molar-refractivity contribution in [2.75, 3.05) is 0 Å². The van der Waals surface area contributed by atoms with Gasteiger partial charge in [0.25, 0.3) is 0 Å². The Bertz CT molecular complexity index is 1580. The number of ketones is 1. The molecule has 0 radical (unpaired) electrons. The number of carbonyl (C=O) groups excluding carboxylic acids is 1. The SMILES string of the molecule is C[C@H]1C(=O)C(C#N)=C[C@@]2(C)c3nc(-c4cccc5ccccc45)nc(-c4ccccc4)c3CCC[C@H]12. The minimum Gasteiger partial charge on any atom is -0.293 e. The quantitative estimate of drug-likeness (QED) is 0.322. The second kappa shape index (κ2) is 8.53. The molecule has 3 aromatic carbocycles. The van der Waals surface area contributed by atoms with Gasteiger partial charge in [0.2, 0.25) is 0 Å². The maximum Gasteiger partial charge on any atom is 0.176 e. The van der Waals surface area contributed by atoms with Crippen LogP contribution in [0.2, 0.25) is 0 Å². The van der Waals surface area contributed by atoms with Crippen molar-refractivity contribution in [3.05, 3.63) is 95.7 Å². The monoisotopic (exact) mass is 469 g/mol. The van der Waals surface area contributed by atoms with Crippen molar-refractivity contribution in [2.45, 2.75) is 38.5 Å². The molecule has 176 valence electrons. The van der Waals surface area contributed by atoms with E-state index in [0.717, 1.165) is 58.1 Å². The molecule has 4 nitrogen and oxygen atoms in total. The predicted molar refractivity (Wildman–Crippen MR) is 142 cm³/mol. The van der Waals surface area contributed by atoms with Crippen molar-refractivity contribution >= 4 is 16.6 Å². The van der Waals surface area contributed by atoms with Crippen molar-refractivity contribution < 1.29 is 4.79 Å². The van der Waals surface area contributed by atoms with Crippen LogP contribution in [0, 0.1) is 23.2 Å². The first-order valence-electron chi connectivity index (χ1n) is 12.6. The van der Waals surface area contributed by atoms with Crippen LogP contribution in [0.5, 0.6) is 0 Å². The van der Waals surface area contributed by atoms with Crippen LogP contribution in [-0.4, -0.2) is 15.8 Å². The van der Waals surface area contributed by atoms with E-state index in [0.29, 0.717) is 5.82 Å². The first kappa shape index (κ1) is 22.4. The molecule has 0 spiro atoms. The number of Topliss-reactive ketones (excluding diaryl/α,β-unsaturated/α-hetero) is 1. The molecule has 1 aromatic heterocycles. The molecule has 2 aliphatic carbocycles. The molecular formula is C32H27N3O. The molecule has 0 N–H and O–H groups in total. The van der Waals surface area contributed by atoms with Crippen molar-refractivity contribution in [1.29, 1.82) is 5.26 Å². The second-order valence-electron chi connectivity index (χ2n) is 10.2. The Kier molecular flexibility index (Phi) is 5.30. The number of aromatic nitrogens is 2. The number of hydrogen-bond acceptors (Lipinski definition) is 4. The molecule has 2 aliphatic rings. The number of fused-ring (bicyclic) bond motifs is 4. The Morgan fingerprint density at radius 3 is 2.53 bits per heavy atom. The highest BCUT2D eigenvalue weighted by atomic mass is 16.1. The summed E-state index contributed by atoms with van der Waals surface area (Å²) in [5.41, 5.74) is 4.79. The van der Waals surface area contributed by atoms with E-state index in [1.165, 1.54) is 0 Å². The van der Waals surface area contributed by atoms with Gasteiger partial charge in [-0.2, -0.15) is 5.26 Å². The summed E-state index contributed by atoms with van der Waals surface area (Å²) in [6.07, 6.45) is 4.61. The van der Waals surface area contributed by atoms with Gasteiger partial charge in [-0.3, -0.25) is 4.79 Å². The summed E-state index contributed by atoms with van der Waals surface area (Å²) in [6, 6.07) is 27.0. The zero-order valence-electron chi connectivity index (χ0n) is 20.5. The maximum atomic E-state index is 13.0. The summed E-state index contributed by atoms with van der Waals surface area (Å²) in [5, 5.41) is 12.1. The highest BCUT2D eigenvalue weighted by Crippen LogP contribution is 2.50. The lowest BCUT2D eigenvalue weighted by Gasteiger charge is -2.41. The molecule has 4 heteroatoms. The van der Waals surface area contributed by atoms with Gasteiger partial charge in [0, 0.05) is 28.0 Å². The number of rotatable bonds is 2. The maximum absolute atomic E-state index is 13.0. The van der Waals surface area contributed by atoms with Crippen molar-refractivity contribution in [3.63, 3.8) is 0 Å². The Morgan fingerprint density at radius 2 is 1.72 bits per heavy atom. The van der Waals surface area contributed by atoms with E-state index in [1.54, 1.807) is 0 Å². The van der Waals surface area contributed by atoms with Crippen LogP contribution in [-0.2, 0) is 16.6 Å². The van der Waals surface area contributed by atoms with Crippen molar-refractivity contribution in [3.8, 4) is 28.7 Å². The fourth-order valence-corrected chi connectivity index (χ4v) is 6.35. The molecule has 0 unspecified atom stereocenters. The van der Waals surface area contributed by atoms with E-state index >= 15 is 0 Å². The van der Waals surface area contributed by atoms with Gasteiger partial charge in [-0.1, -0.05) is 92.7 Å². The van der Waals surface area contributed by atoms with E-state index in [2.05, 4.69) is 55.5 Å². The van der Waals surface area contributed by atoms with Gasteiger partial charge in [-0.25, -0.2) is 9.97 Å². The lowest BCUT2D eigenvalue weighted by molar-refractivity contribution is -0.121. The molecule has 3 atom stereocenters. The number of benzene rings is 3. The molecule has 0 amide bonds. The number of nitrogens with zero attached hydrogens (tertiary/aromatic N) is 3. The lowest BCUT2D eigenvalue weighted by atomic mass is 9.61. The minimum absolute atomic E-state index is 0.0463. The van der Waals surface area contributed by atoms with Crippen LogP contribution in [0.1, 0.15) is 37.9 Å². The number of carbonyl (C=O) groups is 1. The molecule has 4 aromatic rings. The largest absolute Gasteiger partial charge is 0.293 e. The van der Waals surface area contributed by atoms with Crippen LogP contribution < -0.4 is 0 Å². The topological polar surface area (TPSA) is 66.6 Å². The fourth-order valence-electron chi connectivity index (χ4n) is 6.35. The molecule has 36 heavy (non-hydrogen) atoms. The molecular weight excluding hydrogens is 442 g/mol. The molecule has 1 heterocycles. The average molecular weight is 470 g/mol. The summed E-state index contributed by atoms with van der Waals surface area (Å²) in [4.78, 5) is 23.5. The van der Waals surface area contributed by atoms with Crippen LogP contribution in [0.15, 0.2) is 84.4 Å². The zero-order valence-corrected chi connectivity index (χ0v) is 20.5. The van der Waals surface area contributed by atoms with E-state index in [1.807, 2.05) is 43.3 Å². The fraction of sp³-hybridized carbons (Fsp3) is 0.250. The summed E-state index contributed by atoms with van der Waals surface area (Å²) < 4.78 is 0. The number of hydrogen-bond donors (Lipinski definition) is 0. The predicted octanol–water partition coefficient (Wildman–Crippen LogP) is 6.84. The van der Waals surface area contributed by atoms with E-state index in [-0.39, 0.29) is 23.2 Å². The van der Waals surface area contributed by atoms with Gasteiger partial charge in [-0.05, 0) is 36.0 Å². The standard InChI is InChI=1S/C32H27N3O/c1-20-27-17-9-16-26-28(22-11-4-3-5-12-22)34-31(25-15-8-13-21-10-6-7-14-24(21)25)35-30(26)32(27,2)18-23(19-33)29(20)36/h3-8,10-15,18,20,27H,9,16-17H2,1-2H3/t20-,27-,32-/m1/s1. The second-order valence-corrected chi connectivity index (χ2v) is 10.2. The normalized spacial score (nSPS) is 23.2. The Hall–Kier alpha value is -4.10. The van der Waals surface area contributed by atoms with Gasteiger partial charge >= 0.3 is 0 Å². The summed E-state index contributed by atoms with van der Waals surface area (Å²) >= 11 is 0. The minimum atomic E-state index is -0.532. The van der Waals surface area contributed by atoms with Crippen molar-refractivity contribution in [1.82, 2.24) is 9.97 Å². The van der Waals surface area contributed by atoms with Gasteiger partial charge < -0.3 is 0 Å². The van der Waals surface area contributed by atoms with E-state index in [4.69, 9.17) is 9.97 Å². The molecule has 6 rings (SSSR count). The van der Waals surface area contributed by atoms with Gasteiger partial charge in [0.15, 0.2) is 11.6 Å². The third-order valence-corrected chi connectivity index (χ3v) is 8.15. The smallest absolute Gasteiger partial charge is 0.176 e. The highest BCUT2D eigenvalue weighted by Gasteiger charge is 2.48.